The zero-order valence-electron chi connectivity index (χ0n) is 10.6. The first-order chi connectivity index (χ1) is 8.58. The fourth-order valence-corrected chi connectivity index (χ4v) is 1.81. The zero-order valence-corrected chi connectivity index (χ0v) is 10.6. The number of nitrogens with zero attached hydrogens (tertiary/aromatic N) is 2. The van der Waals surface area contributed by atoms with Gasteiger partial charge in [0.2, 0.25) is 5.91 Å². The first-order valence-electron chi connectivity index (χ1n) is 5.90. The normalized spacial score (nSPS) is 12.6. The van der Waals surface area contributed by atoms with Gasteiger partial charge in [-0.1, -0.05) is 6.07 Å². The number of amides is 1. The van der Waals surface area contributed by atoms with Crippen LogP contribution < -0.4 is 5.73 Å². The molecule has 1 heterocycles. The van der Waals surface area contributed by atoms with E-state index in [1.54, 1.807) is 18.9 Å². The van der Waals surface area contributed by atoms with Gasteiger partial charge in [0.25, 0.3) is 0 Å². The second kappa shape index (κ2) is 5.18. The number of carbonyl (C=O) groups excluding carboxylic acids is 1. The average Bonchev–Trinajstić information content (AvgIpc) is 2.82. The number of rotatable bonds is 4. The molecule has 5 heteroatoms. The van der Waals surface area contributed by atoms with Crippen LogP contribution in [0.3, 0.4) is 0 Å². The van der Waals surface area contributed by atoms with E-state index in [9.17, 15) is 4.79 Å². The Kier molecular flexibility index (Phi) is 3.62. The average molecular weight is 247 g/mol. The van der Waals surface area contributed by atoms with E-state index >= 15 is 0 Å². The van der Waals surface area contributed by atoms with Crippen molar-refractivity contribution in [2.45, 2.75) is 19.4 Å². The van der Waals surface area contributed by atoms with E-state index in [0.29, 0.717) is 6.54 Å². The Labute approximate surface area is 106 Å². The Morgan fingerprint density at radius 3 is 3.06 bits per heavy atom. The van der Waals surface area contributed by atoms with Crippen LogP contribution in [0.5, 0.6) is 0 Å². The van der Waals surface area contributed by atoms with Crippen LogP contribution >= 0.6 is 0 Å². The maximum Gasteiger partial charge on any atom is 0.238 e. The molecule has 1 unspecified atom stereocenters. The lowest BCUT2D eigenvalue weighted by Crippen LogP contribution is -2.40. The number of aromatic nitrogens is 1. The summed E-state index contributed by atoms with van der Waals surface area (Å²) in [5.74, 6) is -0.0456. The van der Waals surface area contributed by atoms with Gasteiger partial charge < -0.3 is 15.1 Å². The van der Waals surface area contributed by atoms with Gasteiger partial charge in [-0.2, -0.15) is 0 Å². The molecule has 0 aliphatic heterocycles. The highest BCUT2D eigenvalue weighted by Crippen LogP contribution is 2.14. The summed E-state index contributed by atoms with van der Waals surface area (Å²) in [5, 5.41) is 0. The Morgan fingerprint density at radius 1 is 1.56 bits per heavy atom. The molecule has 1 amide bonds. The van der Waals surface area contributed by atoms with E-state index < -0.39 is 6.04 Å². The fourth-order valence-electron chi connectivity index (χ4n) is 1.81. The second-order valence-corrected chi connectivity index (χ2v) is 4.45. The van der Waals surface area contributed by atoms with Crippen LogP contribution in [0.2, 0.25) is 0 Å². The smallest absolute Gasteiger partial charge is 0.238 e. The number of hydrogen-bond acceptors (Lipinski definition) is 4. The topological polar surface area (TPSA) is 72.4 Å². The minimum Gasteiger partial charge on any atom is -0.443 e. The van der Waals surface area contributed by atoms with E-state index in [2.05, 4.69) is 4.98 Å². The van der Waals surface area contributed by atoms with E-state index in [4.69, 9.17) is 10.2 Å². The second-order valence-electron chi connectivity index (χ2n) is 4.45. The summed E-state index contributed by atoms with van der Waals surface area (Å²) in [6, 6.07) is 5.41. The van der Waals surface area contributed by atoms with Crippen molar-refractivity contribution in [2.24, 2.45) is 5.73 Å². The lowest BCUT2D eigenvalue weighted by atomic mass is 10.1. The maximum absolute atomic E-state index is 11.6. The van der Waals surface area contributed by atoms with Gasteiger partial charge >= 0.3 is 0 Å². The lowest BCUT2D eigenvalue weighted by Gasteiger charge is -2.19. The van der Waals surface area contributed by atoms with Crippen LogP contribution in [0, 0.1) is 0 Å². The molecule has 18 heavy (non-hydrogen) atoms. The third kappa shape index (κ3) is 2.68. The highest BCUT2D eigenvalue weighted by molar-refractivity contribution is 5.80. The number of benzene rings is 1. The fraction of sp³-hybridized carbons (Fsp3) is 0.385. The lowest BCUT2D eigenvalue weighted by molar-refractivity contribution is -0.130. The quantitative estimate of drug-likeness (QED) is 0.880. The van der Waals surface area contributed by atoms with Crippen LogP contribution in [0.1, 0.15) is 12.5 Å². The summed E-state index contributed by atoms with van der Waals surface area (Å²) in [5.41, 5.74) is 8.28. The Balaban J connectivity index is 1.99. The molecule has 1 atom stereocenters. The molecule has 2 N–H and O–H groups in total. The van der Waals surface area contributed by atoms with Crippen molar-refractivity contribution in [3.8, 4) is 0 Å². The van der Waals surface area contributed by atoms with Crippen molar-refractivity contribution in [1.29, 1.82) is 0 Å². The summed E-state index contributed by atoms with van der Waals surface area (Å²) < 4.78 is 5.24. The monoisotopic (exact) mass is 247 g/mol. The van der Waals surface area contributed by atoms with Crippen molar-refractivity contribution < 1.29 is 9.21 Å². The Morgan fingerprint density at radius 2 is 2.33 bits per heavy atom. The van der Waals surface area contributed by atoms with Gasteiger partial charge in [0.1, 0.15) is 5.52 Å². The molecule has 0 saturated heterocycles. The van der Waals surface area contributed by atoms with Crippen molar-refractivity contribution in [2.75, 3.05) is 13.6 Å². The van der Waals surface area contributed by atoms with Crippen LogP contribution in [0.15, 0.2) is 29.0 Å². The van der Waals surface area contributed by atoms with Crippen LogP contribution in [0.4, 0.5) is 0 Å². The molecule has 0 aliphatic rings. The van der Waals surface area contributed by atoms with Crippen molar-refractivity contribution in [3.63, 3.8) is 0 Å². The van der Waals surface area contributed by atoms with Crippen LogP contribution in [0.25, 0.3) is 11.1 Å². The Hall–Kier alpha value is -1.88. The summed E-state index contributed by atoms with van der Waals surface area (Å²) in [4.78, 5) is 17.3. The third-order valence-electron chi connectivity index (χ3n) is 2.90. The van der Waals surface area contributed by atoms with Crippen molar-refractivity contribution >= 4 is 17.0 Å². The predicted molar refractivity (Wildman–Crippen MR) is 69.0 cm³/mol. The summed E-state index contributed by atoms with van der Waals surface area (Å²) in [7, 11) is 1.76. The molecular weight excluding hydrogens is 230 g/mol. The van der Waals surface area contributed by atoms with E-state index in [-0.39, 0.29) is 5.91 Å². The number of nitrogens with two attached hydrogens (primary N) is 1. The van der Waals surface area contributed by atoms with Crippen molar-refractivity contribution in [1.82, 2.24) is 9.88 Å². The molecule has 0 saturated carbocycles. The largest absolute Gasteiger partial charge is 0.443 e. The number of oxazole rings is 1. The maximum atomic E-state index is 11.6. The van der Waals surface area contributed by atoms with Crippen LogP contribution in [-0.4, -0.2) is 35.4 Å². The number of fused-ring (bicyclic) bond motifs is 1. The first kappa shape index (κ1) is 12.6. The predicted octanol–water partition coefficient (Wildman–Crippen LogP) is 1.18. The molecule has 2 aromatic rings. The molecule has 0 fully saturated rings. The molecule has 5 nitrogen and oxygen atoms in total. The third-order valence-corrected chi connectivity index (χ3v) is 2.90. The van der Waals surface area contributed by atoms with Gasteiger partial charge in [-0.05, 0) is 31.0 Å². The molecule has 1 aromatic heterocycles. The van der Waals surface area contributed by atoms with Gasteiger partial charge in [-0.3, -0.25) is 4.79 Å². The van der Waals surface area contributed by atoms with Gasteiger partial charge in [0.15, 0.2) is 12.0 Å². The number of carbonyl (C=O) groups is 1. The summed E-state index contributed by atoms with van der Waals surface area (Å²) in [6.07, 6.45) is 2.20. The van der Waals surface area contributed by atoms with E-state index in [1.165, 1.54) is 6.39 Å². The molecule has 0 radical (unpaired) electrons. The SMILES string of the molecule is CC(N)C(=O)N(C)CCc1ccc2ncoc2c1. The summed E-state index contributed by atoms with van der Waals surface area (Å²) in [6.45, 7) is 2.33. The highest BCUT2D eigenvalue weighted by atomic mass is 16.3. The number of hydrogen-bond donors (Lipinski definition) is 1. The minimum absolute atomic E-state index is 0.0456. The minimum atomic E-state index is -0.452. The van der Waals surface area contributed by atoms with Gasteiger partial charge in [0, 0.05) is 13.6 Å². The van der Waals surface area contributed by atoms with Crippen molar-refractivity contribution in [3.05, 3.63) is 30.2 Å². The molecular formula is C13H17N3O2. The number of likely N-dealkylation sites (N-methyl/N-ethyl adjacent to an activating group) is 1. The van der Waals surface area contributed by atoms with Gasteiger partial charge in [-0.25, -0.2) is 4.98 Å². The highest BCUT2D eigenvalue weighted by Gasteiger charge is 2.12. The standard InChI is InChI=1S/C13H17N3O2/c1-9(14)13(17)16(2)6-5-10-3-4-11-12(7-10)18-8-15-11/h3-4,7-9H,5-6,14H2,1-2H3. The van der Waals surface area contributed by atoms with Gasteiger partial charge in [-0.15, -0.1) is 0 Å². The van der Waals surface area contributed by atoms with E-state index in [0.717, 1.165) is 23.1 Å². The first-order valence-corrected chi connectivity index (χ1v) is 5.90. The molecule has 0 spiro atoms. The van der Waals surface area contributed by atoms with Gasteiger partial charge in [0.05, 0.1) is 6.04 Å². The van der Waals surface area contributed by atoms with Crippen LogP contribution in [-0.2, 0) is 11.2 Å². The van der Waals surface area contributed by atoms with E-state index in [1.807, 2.05) is 18.2 Å². The molecule has 0 bridgehead atoms. The Bertz CT molecular complexity index is 548. The molecule has 0 aliphatic carbocycles. The molecule has 1 aromatic carbocycles. The zero-order chi connectivity index (χ0) is 13.1. The summed E-state index contributed by atoms with van der Waals surface area (Å²) >= 11 is 0. The molecule has 96 valence electrons. The molecule has 2 rings (SSSR count).